The van der Waals surface area contributed by atoms with Crippen LogP contribution < -0.4 is 9.64 Å². The molecule has 4 nitrogen and oxygen atoms in total. The monoisotopic (exact) mass is 636 g/mol. The topological polar surface area (TPSA) is 38.5 Å². The van der Waals surface area contributed by atoms with E-state index in [0.717, 1.165) is 72.0 Å². The molecule has 2 aliphatic rings. The van der Waals surface area contributed by atoms with E-state index in [1.54, 1.807) is 11.3 Å². The minimum absolute atomic E-state index is 0.0348. The Bertz CT molecular complexity index is 2560. The highest BCUT2D eigenvalue weighted by atomic mass is 32.1. The Hall–Kier alpha value is -5.91. The molecule has 48 heavy (non-hydrogen) atoms. The maximum Gasteiger partial charge on any atom is 0.137 e. The molecule has 10 rings (SSSR count). The van der Waals surface area contributed by atoms with Crippen molar-refractivity contribution < 1.29 is 9.15 Å². The molecular weight excluding hydrogens is 609 g/mol. The van der Waals surface area contributed by atoms with Gasteiger partial charge in [-0.3, -0.25) is 0 Å². The first-order chi connectivity index (χ1) is 23.8. The van der Waals surface area contributed by atoms with Gasteiger partial charge in [-0.25, -0.2) is 4.98 Å². The summed E-state index contributed by atoms with van der Waals surface area (Å²) >= 11 is 1.72. The zero-order valence-corrected chi connectivity index (χ0v) is 26.7. The lowest BCUT2D eigenvalue weighted by Crippen LogP contribution is -2.21. The van der Waals surface area contributed by atoms with Gasteiger partial charge in [-0.05, 0) is 59.7 Å². The molecule has 0 spiro atoms. The summed E-state index contributed by atoms with van der Waals surface area (Å²) < 4.78 is 14.0. The Kier molecular flexibility index (Phi) is 6.14. The van der Waals surface area contributed by atoms with E-state index in [0.29, 0.717) is 0 Å². The molecule has 3 heterocycles. The molecule has 5 heteroatoms. The predicted octanol–water partition coefficient (Wildman–Crippen LogP) is 11.8. The molecule has 8 aromatic rings. The van der Waals surface area contributed by atoms with Crippen molar-refractivity contribution in [2.24, 2.45) is 0 Å². The molecule has 0 saturated heterocycles. The van der Waals surface area contributed by atoms with Crippen LogP contribution in [0.5, 0.6) is 5.75 Å². The van der Waals surface area contributed by atoms with Crippen LogP contribution in [0, 0.1) is 0 Å². The molecule has 2 aromatic heterocycles. The van der Waals surface area contributed by atoms with Crippen LogP contribution in [0.25, 0.3) is 59.4 Å². The van der Waals surface area contributed by atoms with Crippen molar-refractivity contribution in [2.75, 3.05) is 4.90 Å². The Balaban J connectivity index is 1.11. The fraction of sp³-hybridized carbons (Fsp3) is 0.0465. The normalized spacial score (nSPS) is 15.2. The zero-order chi connectivity index (χ0) is 31.6. The number of nitrogens with zero attached hydrogens (tertiary/aromatic N) is 2. The van der Waals surface area contributed by atoms with E-state index in [9.17, 15) is 0 Å². The van der Waals surface area contributed by atoms with E-state index >= 15 is 0 Å². The second kappa shape index (κ2) is 10.8. The van der Waals surface area contributed by atoms with E-state index in [4.69, 9.17) is 14.1 Å². The highest BCUT2D eigenvalue weighted by molar-refractivity contribution is 7.21. The van der Waals surface area contributed by atoms with Crippen molar-refractivity contribution in [3.05, 3.63) is 163 Å². The number of para-hydroxylation sites is 1. The standard InChI is InChI=1S/C43H28N2O2S/c1-3-9-27(10-4-1)28-15-17-30(18-16-28)45(31-20-22-37-35(25-31)33-13-7-8-14-36(33)46-37)32-19-21-34-39(26-32)47-38-23-24-40-42(41(34)38)44-43(48-40)29-11-5-2-6-12-29/h1-21,23-26,37H,22H2. The van der Waals surface area contributed by atoms with Crippen LogP contribution >= 0.6 is 11.3 Å². The third-order valence-electron chi connectivity index (χ3n) is 9.41. The number of allylic oxidation sites excluding steroid dienone is 1. The van der Waals surface area contributed by atoms with Crippen molar-refractivity contribution in [3.8, 4) is 27.4 Å². The summed E-state index contributed by atoms with van der Waals surface area (Å²) in [5.74, 6) is 0.953. The van der Waals surface area contributed by atoms with Crippen molar-refractivity contribution in [1.29, 1.82) is 0 Å². The lowest BCUT2D eigenvalue weighted by atomic mass is 9.94. The number of anilines is 2. The summed E-state index contributed by atoms with van der Waals surface area (Å²) in [6.07, 6.45) is 5.41. The second-order valence-electron chi connectivity index (χ2n) is 12.3. The Morgan fingerprint density at radius 2 is 1.40 bits per heavy atom. The van der Waals surface area contributed by atoms with E-state index in [2.05, 4.69) is 144 Å². The third-order valence-corrected chi connectivity index (χ3v) is 10.5. The van der Waals surface area contributed by atoms with Crippen LogP contribution in [0.3, 0.4) is 0 Å². The minimum Gasteiger partial charge on any atom is -0.485 e. The summed E-state index contributed by atoms with van der Waals surface area (Å²) in [6.45, 7) is 0. The number of hydrogen-bond donors (Lipinski definition) is 0. The van der Waals surface area contributed by atoms with Gasteiger partial charge in [-0.2, -0.15) is 0 Å². The van der Waals surface area contributed by atoms with Gasteiger partial charge < -0.3 is 14.1 Å². The van der Waals surface area contributed by atoms with E-state index in [1.807, 2.05) is 12.1 Å². The molecule has 1 aliphatic carbocycles. The second-order valence-corrected chi connectivity index (χ2v) is 13.3. The summed E-state index contributed by atoms with van der Waals surface area (Å²) in [5.41, 5.74) is 11.8. The van der Waals surface area contributed by atoms with Crippen LogP contribution in [0.4, 0.5) is 11.4 Å². The lowest BCUT2D eigenvalue weighted by molar-refractivity contribution is 0.278. The average molecular weight is 637 g/mol. The number of aromatic nitrogens is 1. The Labute approximate surface area is 281 Å². The SMILES string of the molecule is C1=C2c3ccccc3OC2CC=C1N(c1ccc(-c2ccccc2)cc1)c1ccc2c(c1)oc1ccc3sc(-c4ccccc4)nc3c12. The predicted molar refractivity (Wildman–Crippen MR) is 198 cm³/mol. The largest absolute Gasteiger partial charge is 0.485 e. The molecule has 1 aliphatic heterocycles. The van der Waals surface area contributed by atoms with Gasteiger partial charge in [0.25, 0.3) is 0 Å². The Morgan fingerprint density at radius 3 is 2.23 bits per heavy atom. The number of fused-ring (bicyclic) bond motifs is 8. The van der Waals surface area contributed by atoms with Crippen LogP contribution in [0.15, 0.2) is 162 Å². The summed E-state index contributed by atoms with van der Waals surface area (Å²) in [7, 11) is 0. The first-order valence-electron chi connectivity index (χ1n) is 16.2. The molecule has 0 radical (unpaired) electrons. The molecule has 0 fully saturated rings. The van der Waals surface area contributed by atoms with E-state index < -0.39 is 0 Å². The molecule has 0 bridgehead atoms. The van der Waals surface area contributed by atoms with Crippen LogP contribution in [0.2, 0.25) is 0 Å². The fourth-order valence-electron chi connectivity index (χ4n) is 7.11. The molecule has 0 amide bonds. The molecule has 228 valence electrons. The molecule has 1 atom stereocenters. The van der Waals surface area contributed by atoms with Crippen LogP contribution in [-0.4, -0.2) is 11.1 Å². The van der Waals surface area contributed by atoms with Crippen molar-refractivity contribution in [1.82, 2.24) is 4.98 Å². The van der Waals surface area contributed by atoms with E-state index in [-0.39, 0.29) is 6.10 Å². The molecule has 6 aromatic carbocycles. The zero-order valence-electron chi connectivity index (χ0n) is 25.8. The van der Waals surface area contributed by atoms with Gasteiger partial charge in [0.15, 0.2) is 0 Å². The smallest absolute Gasteiger partial charge is 0.137 e. The van der Waals surface area contributed by atoms with Crippen molar-refractivity contribution in [2.45, 2.75) is 12.5 Å². The van der Waals surface area contributed by atoms with Gasteiger partial charge in [0, 0.05) is 51.6 Å². The number of rotatable bonds is 5. The Morgan fingerprint density at radius 1 is 0.667 bits per heavy atom. The van der Waals surface area contributed by atoms with Gasteiger partial charge in [-0.1, -0.05) is 97.1 Å². The summed E-state index contributed by atoms with van der Waals surface area (Å²) in [5, 5.41) is 3.15. The highest BCUT2D eigenvalue weighted by Crippen LogP contribution is 2.45. The number of ether oxygens (including phenoxy) is 1. The first-order valence-corrected chi connectivity index (χ1v) is 17.0. The van der Waals surface area contributed by atoms with Crippen LogP contribution in [-0.2, 0) is 0 Å². The van der Waals surface area contributed by atoms with Crippen molar-refractivity contribution >= 4 is 60.4 Å². The molecule has 0 N–H and O–H groups in total. The van der Waals surface area contributed by atoms with Crippen molar-refractivity contribution in [3.63, 3.8) is 0 Å². The summed E-state index contributed by atoms with van der Waals surface area (Å²) in [4.78, 5) is 7.44. The van der Waals surface area contributed by atoms with Gasteiger partial charge in [0.05, 0.1) is 15.6 Å². The number of hydrogen-bond acceptors (Lipinski definition) is 5. The molecular formula is C43H28N2O2S. The van der Waals surface area contributed by atoms with Gasteiger partial charge in [0.1, 0.15) is 28.0 Å². The number of furan rings is 1. The maximum atomic E-state index is 6.57. The number of benzene rings is 6. The molecule has 1 unspecified atom stereocenters. The van der Waals surface area contributed by atoms with Gasteiger partial charge in [0.2, 0.25) is 0 Å². The average Bonchev–Trinajstić information content (AvgIpc) is 3.86. The van der Waals surface area contributed by atoms with Crippen LogP contribution in [0.1, 0.15) is 12.0 Å². The highest BCUT2D eigenvalue weighted by Gasteiger charge is 2.31. The molecule has 0 saturated carbocycles. The third kappa shape index (κ3) is 4.39. The number of thiazole rings is 1. The first kappa shape index (κ1) is 27.2. The fourth-order valence-corrected chi connectivity index (χ4v) is 8.09. The summed E-state index contributed by atoms with van der Waals surface area (Å²) in [6, 6.07) is 48.8. The van der Waals surface area contributed by atoms with Gasteiger partial charge in [-0.15, -0.1) is 11.3 Å². The van der Waals surface area contributed by atoms with E-state index in [1.165, 1.54) is 22.3 Å². The lowest BCUT2D eigenvalue weighted by Gasteiger charge is -2.29. The van der Waals surface area contributed by atoms with Gasteiger partial charge >= 0.3 is 0 Å². The quantitative estimate of drug-likeness (QED) is 0.188. The minimum atomic E-state index is 0.0348. The maximum absolute atomic E-state index is 6.57.